The summed E-state index contributed by atoms with van der Waals surface area (Å²) in [7, 11) is 0. The Morgan fingerprint density at radius 1 is 1.26 bits per heavy atom. The van der Waals surface area contributed by atoms with E-state index in [0.717, 1.165) is 17.8 Å². The van der Waals surface area contributed by atoms with Gasteiger partial charge < -0.3 is 15.0 Å². The molecule has 1 saturated carbocycles. The smallest absolute Gasteiger partial charge is 0.341 e. The number of nitrogens with one attached hydrogen (secondary N) is 2. The molecular formula is C19H22N2O2. The zero-order valence-corrected chi connectivity index (χ0v) is 13.4. The summed E-state index contributed by atoms with van der Waals surface area (Å²) in [6, 6.07) is 8.36. The predicted octanol–water partition coefficient (Wildman–Crippen LogP) is 3.49. The number of fused-ring (bicyclic) bond motifs is 4. The molecule has 4 rings (SSSR count). The molecule has 2 N–H and O–H groups in total. The van der Waals surface area contributed by atoms with Crippen LogP contribution in [0.15, 0.2) is 30.5 Å². The zero-order valence-electron chi connectivity index (χ0n) is 13.4. The Balaban J connectivity index is 1.95. The van der Waals surface area contributed by atoms with Crippen LogP contribution in [0.4, 0.5) is 0 Å². The van der Waals surface area contributed by atoms with Gasteiger partial charge in [0.2, 0.25) is 0 Å². The molecule has 0 amide bonds. The van der Waals surface area contributed by atoms with Crippen molar-refractivity contribution in [2.45, 2.75) is 38.0 Å². The van der Waals surface area contributed by atoms with E-state index in [2.05, 4.69) is 28.5 Å². The first-order chi connectivity index (χ1) is 11.2. The quantitative estimate of drug-likeness (QED) is 0.835. The lowest BCUT2D eigenvalue weighted by atomic mass is 9.77. The topological polar surface area (TPSA) is 54.1 Å². The number of ether oxygens (including phenoxy) is 1. The minimum absolute atomic E-state index is 0.111. The first-order valence-corrected chi connectivity index (χ1v) is 8.47. The number of hydrogen-bond acceptors (Lipinski definition) is 3. The second kappa shape index (κ2) is 5.44. The molecule has 1 fully saturated rings. The second-order valence-electron chi connectivity index (χ2n) is 6.57. The van der Waals surface area contributed by atoms with E-state index in [0.29, 0.717) is 12.2 Å². The Bertz CT molecular complexity index is 782. The van der Waals surface area contributed by atoms with Gasteiger partial charge in [-0.15, -0.1) is 0 Å². The standard InChI is InChI=1S/C19H22N2O2/c1-2-23-18(22)14-11-20-12-19(9-5-6-10-19)16-13-7-3-4-8-15(13)21-17(14)16/h3-4,7-8,11,20-21H,2,5-6,9-10,12H2,1H3. The van der Waals surface area contributed by atoms with E-state index in [1.165, 1.54) is 36.6 Å². The number of benzene rings is 1. The Kier molecular flexibility index (Phi) is 3.40. The van der Waals surface area contributed by atoms with Gasteiger partial charge in [0.25, 0.3) is 0 Å². The fraction of sp³-hybridized carbons (Fsp3) is 0.421. The lowest BCUT2D eigenvalue weighted by Gasteiger charge is -2.29. The zero-order chi connectivity index (χ0) is 15.9. The number of rotatable bonds is 2. The SMILES string of the molecule is CCOC(=O)C1=CNCC2(CCCC2)c2c1[nH]c1ccccc21. The van der Waals surface area contributed by atoms with Gasteiger partial charge in [0, 0.05) is 29.1 Å². The van der Waals surface area contributed by atoms with Crippen LogP contribution in [0, 0.1) is 0 Å². The number of hydrogen-bond donors (Lipinski definition) is 2. The number of esters is 1. The molecule has 120 valence electrons. The predicted molar refractivity (Wildman–Crippen MR) is 91.1 cm³/mol. The molecule has 1 aromatic heterocycles. The van der Waals surface area contributed by atoms with Crippen LogP contribution in [0.2, 0.25) is 0 Å². The maximum Gasteiger partial charge on any atom is 0.341 e. The van der Waals surface area contributed by atoms with Gasteiger partial charge in [-0.1, -0.05) is 31.0 Å². The van der Waals surface area contributed by atoms with Crippen molar-refractivity contribution in [1.82, 2.24) is 10.3 Å². The van der Waals surface area contributed by atoms with E-state index in [1.807, 2.05) is 19.2 Å². The fourth-order valence-corrected chi connectivity index (χ4v) is 4.25. The van der Waals surface area contributed by atoms with Crippen molar-refractivity contribution < 1.29 is 9.53 Å². The third-order valence-corrected chi connectivity index (χ3v) is 5.25. The van der Waals surface area contributed by atoms with Crippen molar-refractivity contribution in [1.29, 1.82) is 0 Å². The Hall–Kier alpha value is -2.23. The van der Waals surface area contributed by atoms with Crippen LogP contribution in [0.5, 0.6) is 0 Å². The van der Waals surface area contributed by atoms with Gasteiger partial charge in [-0.25, -0.2) is 4.79 Å². The summed E-state index contributed by atoms with van der Waals surface area (Å²) in [5, 5.41) is 4.62. The Labute approximate surface area is 135 Å². The molecule has 2 aromatic rings. The van der Waals surface area contributed by atoms with Crippen LogP contribution in [0.1, 0.15) is 43.9 Å². The average Bonchev–Trinajstić information content (AvgIpc) is 3.12. The lowest BCUT2D eigenvalue weighted by Crippen LogP contribution is -2.32. The monoisotopic (exact) mass is 310 g/mol. The Morgan fingerprint density at radius 3 is 2.83 bits per heavy atom. The fourth-order valence-electron chi connectivity index (χ4n) is 4.25. The summed E-state index contributed by atoms with van der Waals surface area (Å²) in [6.07, 6.45) is 6.65. The van der Waals surface area contributed by atoms with Gasteiger partial charge in [0.05, 0.1) is 17.9 Å². The van der Waals surface area contributed by atoms with E-state index >= 15 is 0 Å². The number of aromatic amines is 1. The van der Waals surface area contributed by atoms with Crippen LogP contribution in [0.25, 0.3) is 16.5 Å². The summed E-state index contributed by atoms with van der Waals surface area (Å²) < 4.78 is 5.27. The molecule has 2 aliphatic rings. The first kappa shape index (κ1) is 14.4. The summed E-state index contributed by atoms with van der Waals surface area (Å²) in [6.45, 7) is 3.11. The number of aromatic nitrogens is 1. The molecule has 23 heavy (non-hydrogen) atoms. The summed E-state index contributed by atoms with van der Waals surface area (Å²) >= 11 is 0. The van der Waals surface area contributed by atoms with Crippen molar-refractivity contribution in [3.8, 4) is 0 Å². The van der Waals surface area contributed by atoms with Crippen LogP contribution < -0.4 is 5.32 Å². The van der Waals surface area contributed by atoms with Gasteiger partial charge >= 0.3 is 5.97 Å². The summed E-state index contributed by atoms with van der Waals surface area (Å²) in [5.41, 5.74) is 4.06. The first-order valence-electron chi connectivity index (χ1n) is 8.47. The van der Waals surface area contributed by atoms with Crippen molar-refractivity contribution in [3.63, 3.8) is 0 Å². The van der Waals surface area contributed by atoms with Crippen LogP contribution in [-0.2, 0) is 14.9 Å². The van der Waals surface area contributed by atoms with E-state index in [-0.39, 0.29) is 11.4 Å². The lowest BCUT2D eigenvalue weighted by molar-refractivity contribution is -0.136. The molecule has 0 saturated heterocycles. The van der Waals surface area contributed by atoms with Gasteiger partial charge in [0.15, 0.2) is 0 Å². The molecule has 1 aromatic carbocycles. The molecule has 4 heteroatoms. The second-order valence-corrected chi connectivity index (χ2v) is 6.57. The van der Waals surface area contributed by atoms with E-state index in [4.69, 9.17) is 4.74 Å². The van der Waals surface area contributed by atoms with Gasteiger partial charge in [-0.05, 0) is 31.4 Å². The molecule has 0 atom stereocenters. The van der Waals surface area contributed by atoms with Crippen LogP contribution >= 0.6 is 0 Å². The molecular weight excluding hydrogens is 288 g/mol. The molecule has 4 nitrogen and oxygen atoms in total. The van der Waals surface area contributed by atoms with Gasteiger partial charge in [-0.2, -0.15) is 0 Å². The van der Waals surface area contributed by atoms with Crippen molar-refractivity contribution in [2.24, 2.45) is 0 Å². The van der Waals surface area contributed by atoms with Crippen molar-refractivity contribution in [2.75, 3.05) is 13.2 Å². The minimum atomic E-state index is -0.261. The maximum atomic E-state index is 12.4. The summed E-state index contributed by atoms with van der Waals surface area (Å²) in [5.74, 6) is -0.261. The number of carbonyl (C=O) groups is 1. The van der Waals surface area contributed by atoms with Crippen LogP contribution in [0.3, 0.4) is 0 Å². The van der Waals surface area contributed by atoms with Gasteiger partial charge in [-0.3, -0.25) is 0 Å². The number of H-pyrrole nitrogens is 1. The van der Waals surface area contributed by atoms with E-state index in [9.17, 15) is 4.79 Å². The maximum absolute atomic E-state index is 12.4. The number of para-hydroxylation sites is 1. The highest BCUT2D eigenvalue weighted by atomic mass is 16.5. The van der Waals surface area contributed by atoms with Gasteiger partial charge in [0.1, 0.15) is 0 Å². The molecule has 1 spiro atoms. The highest BCUT2D eigenvalue weighted by Crippen LogP contribution is 2.47. The molecule has 0 radical (unpaired) electrons. The van der Waals surface area contributed by atoms with E-state index in [1.54, 1.807) is 0 Å². The van der Waals surface area contributed by atoms with Crippen molar-refractivity contribution in [3.05, 3.63) is 41.7 Å². The highest BCUT2D eigenvalue weighted by molar-refractivity contribution is 6.17. The van der Waals surface area contributed by atoms with Crippen LogP contribution in [-0.4, -0.2) is 24.1 Å². The van der Waals surface area contributed by atoms with Crippen molar-refractivity contribution >= 4 is 22.4 Å². The number of carbonyl (C=O) groups excluding carboxylic acids is 1. The normalized spacial score (nSPS) is 19.1. The molecule has 2 heterocycles. The molecule has 0 unspecified atom stereocenters. The highest BCUT2D eigenvalue weighted by Gasteiger charge is 2.41. The van der Waals surface area contributed by atoms with E-state index < -0.39 is 0 Å². The molecule has 1 aliphatic heterocycles. The molecule has 0 bridgehead atoms. The third kappa shape index (κ3) is 2.16. The largest absolute Gasteiger partial charge is 0.462 e. The third-order valence-electron chi connectivity index (χ3n) is 5.25. The summed E-state index contributed by atoms with van der Waals surface area (Å²) in [4.78, 5) is 15.9. The average molecular weight is 310 g/mol. The minimum Gasteiger partial charge on any atom is -0.462 e. The molecule has 1 aliphatic carbocycles. The Morgan fingerprint density at radius 2 is 2.04 bits per heavy atom.